The van der Waals surface area contributed by atoms with Crippen molar-refractivity contribution in [3.05, 3.63) is 29.8 Å². The predicted octanol–water partition coefficient (Wildman–Crippen LogP) is 3.00. The maximum absolute atomic E-state index is 12.2. The number of rotatable bonds is 7. The minimum Gasteiger partial charge on any atom is -0.492 e. The molecule has 0 aliphatic heterocycles. The van der Waals surface area contributed by atoms with Crippen LogP contribution in [0.2, 0.25) is 0 Å². The maximum Gasteiger partial charge on any atom is 0.234 e. The van der Waals surface area contributed by atoms with Gasteiger partial charge in [-0.1, -0.05) is 31.9 Å². The molecule has 0 unspecified atom stereocenters. The van der Waals surface area contributed by atoms with Crippen LogP contribution in [-0.2, 0) is 4.79 Å². The molecule has 4 heteroatoms. The van der Waals surface area contributed by atoms with Crippen molar-refractivity contribution in [2.24, 2.45) is 5.92 Å². The van der Waals surface area contributed by atoms with E-state index in [1.54, 1.807) is 0 Å². The summed E-state index contributed by atoms with van der Waals surface area (Å²) in [5.74, 6) is 1.61. The summed E-state index contributed by atoms with van der Waals surface area (Å²) in [4.78, 5) is 14.2. The van der Waals surface area contributed by atoms with E-state index in [9.17, 15) is 4.79 Å². The molecule has 0 aromatic heterocycles. The lowest BCUT2D eigenvalue weighted by atomic mass is 9.86. The van der Waals surface area contributed by atoms with Crippen LogP contribution in [0, 0.1) is 12.8 Å². The Labute approximate surface area is 140 Å². The zero-order valence-electron chi connectivity index (χ0n) is 14.7. The minimum absolute atomic E-state index is 0.127. The number of benzene rings is 1. The number of nitrogens with zero attached hydrogens (tertiary/aromatic N) is 1. The quantitative estimate of drug-likeness (QED) is 0.840. The molecule has 1 fully saturated rings. The molecule has 2 rings (SSSR count). The van der Waals surface area contributed by atoms with Gasteiger partial charge in [-0.15, -0.1) is 0 Å². The van der Waals surface area contributed by atoms with Gasteiger partial charge in [-0.3, -0.25) is 9.69 Å². The van der Waals surface area contributed by atoms with Gasteiger partial charge in [0.2, 0.25) is 5.91 Å². The second kappa shape index (κ2) is 8.92. The van der Waals surface area contributed by atoms with Crippen molar-refractivity contribution in [3.8, 4) is 5.75 Å². The Morgan fingerprint density at radius 3 is 2.87 bits per heavy atom. The van der Waals surface area contributed by atoms with Crippen LogP contribution in [0.3, 0.4) is 0 Å². The molecule has 0 saturated heterocycles. The highest BCUT2D eigenvalue weighted by atomic mass is 16.5. The summed E-state index contributed by atoms with van der Waals surface area (Å²) < 4.78 is 5.73. The first-order valence-electron chi connectivity index (χ1n) is 8.72. The summed E-state index contributed by atoms with van der Waals surface area (Å²) in [5, 5.41) is 3.19. The monoisotopic (exact) mass is 318 g/mol. The molecule has 1 aliphatic rings. The Bertz CT molecular complexity index is 504. The average Bonchev–Trinajstić information content (AvgIpc) is 2.49. The topological polar surface area (TPSA) is 41.6 Å². The molecule has 1 aliphatic carbocycles. The largest absolute Gasteiger partial charge is 0.492 e. The van der Waals surface area contributed by atoms with Crippen LogP contribution in [0.1, 0.15) is 38.2 Å². The van der Waals surface area contributed by atoms with E-state index in [4.69, 9.17) is 4.74 Å². The molecule has 1 aromatic carbocycles. The van der Waals surface area contributed by atoms with Gasteiger partial charge in [-0.2, -0.15) is 0 Å². The van der Waals surface area contributed by atoms with Crippen LogP contribution in [0.25, 0.3) is 0 Å². The van der Waals surface area contributed by atoms with Crippen LogP contribution in [0.4, 0.5) is 0 Å². The number of carbonyl (C=O) groups is 1. The van der Waals surface area contributed by atoms with Crippen molar-refractivity contribution in [2.45, 2.75) is 45.6 Å². The molecule has 0 radical (unpaired) electrons. The number of ether oxygens (including phenoxy) is 1. The SMILES string of the molecule is Cc1cccc(OCCN(C)CC(=O)N[C@H]2CCCC[C@H]2C)c1. The Kier molecular flexibility index (Phi) is 6.90. The number of nitrogens with one attached hydrogen (secondary N) is 1. The zero-order chi connectivity index (χ0) is 16.7. The van der Waals surface area contributed by atoms with Crippen molar-refractivity contribution in [2.75, 3.05) is 26.7 Å². The molecule has 0 spiro atoms. The van der Waals surface area contributed by atoms with Crippen molar-refractivity contribution >= 4 is 5.91 Å². The van der Waals surface area contributed by atoms with Crippen molar-refractivity contribution in [1.29, 1.82) is 0 Å². The van der Waals surface area contributed by atoms with E-state index in [0.29, 0.717) is 25.1 Å². The smallest absolute Gasteiger partial charge is 0.234 e. The van der Waals surface area contributed by atoms with Gasteiger partial charge in [0.05, 0.1) is 6.54 Å². The highest BCUT2D eigenvalue weighted by Gasteiger charge is 2.22. The summed E-state index contributed by atoms with van der Waals surface area (Å²) >= 11 is 0. The molecule has 23 heavy (non-hydrogen) atoms. The fraction of sp³-hybridized carbons (Fsp3) is 0.632. The molecular formula is C19H30N2O2. The first-order valence-corrected chi connectivity index (χ1v) is 8.72. The van der Waals surface area contributed by atoms with Crippen LogP contribution < -0.4 is 10.1 Å². The molecular weight excluding hydrogens is 288 g/mol. The second-order valence-corrected chi connectivity index (χ2v) is 6.84. The van der Waals surface area contributed by atoms with Gasteiger partial charge in [0.15, 0.2) is 0 Å². The normalized spacial score (nSPS) is 21.2. The molecule has 0 heterocycles. The van der Waals surface area contributed by atoms with Crippen molar-refractivity contribution in [3.63, 3.8) is 0 Å². The van der Waals surface area contributed by atoms with Crippen molar-refractivity contribution in [1.82, 2.24) is 10.2 Å². The molecule has 4 nitrogen and oxygen atoms in total. The highest BCUT2D eigenvalue weighted by Crippen LogP contribution is 2.23. The number of hydrogen-bond acceptors (Lipinski definition) is 3. The summed E-state index contributed by atoms with van der Waals surface area (Å²) in [6.07, 6.45) is 4.87. The van der Waals surface area contributed by atoms with Gasteiger partial charge in [-0.25, -0.2) is 0 Å². The van der Waals surface area contributed by atoms with Gasteiger partial charge < -0.3 is 10.1 Å². The van der Waals surface area contributed by atoms with Crippen LogP contribution in [-0.4, -0.2) is 43.6 Å². The maximum atomic E-state index is 12.2. The van der Waals surface area contributed by atoms with Crippen LogP contribution in [0.15, 0.2) is 24.3 Å². The predicted molar refractivity (Wildman–Crippen MR) is 93.7 cm³/mol. The minimum atomic E-state index is 0.127. The molecule has 1 aromatic rings. The summed E-state index contributed by atoms with van der Waals surface area (Å²) in [7, 11) is 1.96. The van der Waals surface area contributed by atoms with Gasteiger partial charge in [0.1, 0.15) is 12.4 Å². The first kappa shape index (κ1) is 17.8. The fourth-order valence-corrected chi connectivity index (χ4v) is 3.13. The van der Waals surface area contributed by atoms with Crippen LogP contribution in [0.5, 0.6) is 5.75 Å². The number of aryl methyl sites for hydroxylation is 1. The molecule has 1 saturated carbocycles. The van der Waals surface area contributed by atoms with E-state index in [2.05, 4.69) is 25.2 Å². The van der Waals surface area contributed by atoms with Gasteiger partial charge >= 0.3 is 0 Å². The summed E-state index contributed by atoms with van der Waals surface area (Å²) in [6.45, 7) is 6.05. The lowest BCUT2D eigenvalue weighted by Gasteiger charge is -2.30. The number of carbonyl (C=O) groups excluding carboxylic acids is 1. The van der Waals surface area contributed by atoms with E-state index in [1.165, 1.54) is 24.8 Å². The van der Waals surface area contributed by atoms with E-state index >= 15 is 0 Å². The number of likely N-dealkylation sites (N-methyl/N-ethyl adjacent to an activating group) is 1. The molecule has 128 valence electrons. The van der Waals surface area contributed by atoms with Gasteiger partial charge in [-0.05, 0) is 50.4 Å². The molecule has 0 bridgehead atoms. The van der Waals surface area contributed by atoms with E-state index in [1.807, 2.05) is 30.1 Å². The molecule has 1 N–H and O–H groups in total. The third kappa shape index (κ3) is 6.22. The Hall–Kier alpha value is -1.55. The Morgan fingerprint density at radius 2 is 2.13 bits per heavy atom. The standard InChI is InChI=1S/C19H30N2O2/c1-15-7-6-9-17(13-15)23-12-11-21(3)14-19(22)20-18-10-5-4-8-16(18)2/h6-7,9,13,16,18H,4-5,8,10-12,14H2,1-3H3,(H,20,22)/t16-,18+/m1/s1. The molecule has 1 amide bonds. The third-order valence-electron chi connectivity index (χ3n) is 4.60. The van der Waals surface area contributed by atoms with E-state index in [-0.39, 0.29) is 5.91 Å². The summed E-state index contributed by atoms with van der Waals surface area (Å²) in [5.41, 5.74) is 1.19. The lowest BCUT2D eigenvalue weighted by molar-refractivity contribution is -0.123. The zero-order valence-corrected chi connectivity index (χ0v) is 14.7. The van der Waals surface area contributed by atoms with Crippen LogP contribution >= 0.6 is 0 Å². The van der Waals surface area contributed by atoms with Gasteiger partial charge in [0.25, 0.3) is 0 Å². The lowest BCUT2D eigenvalue weighted by Crippen LogP contribution is -2.45. The molecule has 2 atom stereocenters. The number of amides is 1. The summed E-state index contributed by atoms with van der Waals surface area (Å²) in [6, 6.07) is 8.39. The van der Waals surface area contributed by atoms with E-state index in [0.717, 1.165) is 18.7 Å². The first-order chi connectivity index (χ1) is 11.0. The van der Waals surface area contributed by atoms with Crippen molar-refractivity contribution < 1.29 is 9.53 Å². The average molecular weight is 318 g/mol. The van der Waals surface area contributed by atoms with Gasteiger partial charge in [0, 0.05) is 12.6 Å². The third-order valence-corrected chi connectivity index (χ3v) is 4.60. The highest BCUT2D eigenvalue weighted by molar-refractivity contribution is 5.78. The second-order valence-electron chi connectivity index (χ2n) is 6.84. The Morgan fingerprint density at radius 1 is 1.35 bits per heavy atom. The number of hydrogen-bond donors (Lipinski definition) is 1. The fourth-order valence-electron chi connectivity index (χ4n) is 3.13. The Balaban J connectivity index is 1.65. The van der Waals surface area contributed by atoms with E-state index < -0.39 is 0 Å².